The number of carbonyl (C=O) groups excluding carboxylic acids is 1. The molecule has 0 aliphatic carbocycles. The first-order valence-electron chi connectivity index (χ1n) is 7.48. The molecule has 2 N–H and O–H groups in total. The summed E-state index contributed by atoms with van der Waals surface area (Å²) in [5.74, 6) is -2.13. The second kappa shape index (κ2) is 14.2. The van der Waals surface area contributed by atoms with E-state index in [1.807, 2.05) is 6.08 Å². The van der Waals surface area contributed by atoms with Gasteiger partial charge in [0.1, 0.15) is 0 Å². The average Bonchev–Trinajstić information content (AvgIpc) is 2.45. The third kappa shape index (κ3) is 12.2. The Morgan fingerprint density at radius 2 is 1.68 bits per heavy atom. The number of aliphatic carboxylic acids is 2. The SMILES string of the molecule is CCCC/C=C/CC[N+](CO)(CCC(=O)[O-])CCC(=O)O.[Na+]. The predicted molar refractivity (Wildman–Crippen MR) is 77.1 cm³/mol. The molecule has 0 aliphatic rings. The van der Waals surface area contributed by atoms with Crippen molar-refractivity contribution in [2.24, 2.45) is 0 Å². The number of allylic oxidation sites excluding steroid dienone is 1. The summed E-state index contributed by atoms with van der Waals surface area (Å²) < 4.78 is 0.0817. The fourth-order valence-electron chi connectivity index (χ4n) is 2.11. The van der Waals surface area contributed by atoms with Crippen LogP contribution in [0.1, 0.15) is 45.4 Å². The maximum absolute atomic E-state index is 10.7. The molecular weight excluding hydrogens is 297 g/mol. The second-order valence-corrected chi connectivity index (χ2v) is 5.32. The van der Waals surface area contributed by atoms with E-state index < -0.39 is 11.9 Å². The van der Waals surface area contributed by atoms with Gasteiger partial charge in [-0.15, -0.1) is 0 Å². The summed E-state index contributed by atoms with van der Waals surface area (Å²) in [6, 6.07) is 0. The Labute approximate surface area is 154 Å². The van der Waals surface area contributed by atoms with Gasteiger partial charge in [-0.25, -0.2) is 0 Å². The number of aliphatic hydroxyl groups is 1. The number of rotatable bonds is 13. The van der Waals surface area contributed by atoms with Gasteiger partial charge in [-0.05, 0) is 6.42 Å². The first-order valence-corrected chi connectivity index (χ1v) is 7.48. The molecular formula is C15H27NNaO5+. The maximum Gasteiger partial charge on any atom is 1.00 e. The van der Waals surface area contributed by atoms with Crippen molar-refractivity contribution in [3.63, 3.8) is 0 Å². The van der Waals surface area contributed by atoms with E-state index in [2.05, 4.69) is 13.0 Å². The minimum Gasteiger partial charge on any atom is -0.550 e. The smallest absolute Gasteiger partial charge is 0.550 e. The van der Waals surface area contributed by atoms with Crippen molar-refractivity contribution in [2.45, 2.75) is 45.4 Å². The molecule has 0 amide bonds. The van der Waals surface area contributed by atoms with Gasteiger partial charge < -0.3 is 24.6 Å². The summed E-state index contributed by atoms with van der Waals surface area (Å²) in [6.45, 7) is 2.80. The summed E-state index contributed by atoms with van der Waals surface area (Å²) >= 11 is 0. The summed E-state index contributed by atoms with van der Waals surface area (Å²) in [4.78, 5) is 21.3. The van der Waals surface area contributed by atoms with E-state index in [0.717, 1.165) is 19.3 Å². The number of unbranched alkanes of at least 4 members (excludes halogenated alkanes) is 2. The molecule has 0 bridgehead atoms. The van der Waals surface area contributed by atoms with E-state index >= 15 is 0 Å². The monoisotopic (exact) mass is 324 g/mol. The summed E-state index contributed by atoms with van der Waals surface area (Å²) in [5, 5.41) is 29.0. The van der Waals surface area contributed by atoms with Crippen molar-refractivity contribution >= 4 is 11.9 Å². The number of nitrogens with zero attached hydrogens (tertiary/aromatic N) is 1. The summed E-state index contributed by atoms with van der Waals surface area (Å²) in [6.07, 6.45) is 7.77. The molecule has 0 saturated heterocycles. The standard InChI is InChI=1S/C15H27NO5.Na/c1-2-3-4-5-6-7-10-16(13-17,11-8-14(18)19)12-9-15(20)21;/h5-6,17H,2-4,7-13H2,1H3,(H-,18,19,20,21);/q;+1/b6-5+;. The van der Waals surface area contributed by atoms with E-state index in [9.17, 15) is 19.8 Å². The van der Waals surface area contributed by atoms with Crippen LogP contribution < -0.4 is 34.7 Å². The van der Waals surface area contributed by atoms with Gasteiger partial charge >= 0.3 is 35.5 Å². The zero-order valence-corrected chi connectivity index (χ0v) is 15.8. The number of quaternary nitrogens is 1. The Balaban J connectivity index is 0. The molecule has 0 aromatic carbocycles. The van der Waals surface area contributed by atoms with Gasteiger partial charge in [0.25, 0.3) is 0 Å². The third-order valence-electron chi connectivity index (χ3n) is 3.55. The number of hydrogen-bond donors (Lipinski definition) is 2. The molecule has 7 heteroatoms. The number of carboxylic acids is 2. The Hall–Kier alpha value is -0.400. The minimum atomic E-state index is -1.18. The topological polar surface area (TPSA) is 97.7 Å². The largest absolute Gasteiger partial charge is 1.00 e. The van der Waals surface area contributed by atoms with Crippen molar-refractivity contribution in [2.75, 3.05) is 26.4 Å². The van der Waals surface area contributed by atoms with Gasteiger partial charge in [-0.1, -0.05) is 31.9 Å². The molecule has 0 spiro atoms. The number of carboxylic acid groups (broad SMARTS) is 2. The van der Waals surface area contributed by atoms with E-state index in [4.69, 9.17) is 5.11 Å². The van der Waals surface area contributed by atoms with Gasteiger partial charge in [0, 0.05) is 18.8 Å². The average molecular weight is 324 g/mol. The summed E-state index contributed by atoms with van der Waals surface area (Å²) in [5.41, 5.74) is 0. The van der Waals surface area contributed by atoms with Gasteiger partial charge in [-0.3, -0.25) is 4.79 Å². The molecule has 22 heavy (non-hydrogen) atoms. The number of carbonyl (C=O) groups is 2. The molecule has 0 aromatic rings. The molecule has 6 nitrogen and oxygen atoms in total. The zero-order chi connectivity index (χ0) is 16.1. The number of aliphatic hydroxyl groups excluding tert-OH is 1. The first kappa shape index (κ1) is 23.9. The normalized spacial score (nSPS) is 13.5. The van der Waals surface area contributed by atoms with Crippen molar-refractivity contribution in [1.29, 1.82) is 0 Å². The van der Waals surface area contributed by atoms with Gasteiger partial charge in [0.2, 0.25) is 0 Å². The molecule has 0 aromatic heterocycles. The summed E-state index contributed by atoms with van der Waals surface area (Å²) in [7, 11) is 0. The fourth-order valence-corrected chi connectivity index (χ4v) is 2.11. The molecule has 0 saturated carbocycles. The van der Waals surface area contributed by atoms with E-state index in [1.54, 1.807) is 0 Å². The number of hydrogen-bond acceptors (Lipinski definition) is 4. The van der Waals surface area contributed by atoms with E-state index in [-0.39, 0.29) is 66.7 Å². The van der Waals surface area contributed by atoms with Crippen LogP contribution in [0.5, 0.6) is 0 Å². The fraction of sp³-hybridized carbons (Fsp3) is 0.733. The maximum atomic E-state index is 10.7. The third-order valence-corrected chi connectivity index (χ3v) is 3.55. The van der Waals surface area contributed by atoms with Crippen LogP contribution in [-0.4, -0.2) is 53.0 Å². The van der Waals surface area contributed by atoms with Gasteiger partial charge in [0.05, 0.1) is 26.1 Å². The molecule has 0 heterocycles. The van der Waals surface area contributed by atoms with Gasteiger partial charge in [0.15, 0.2) is 6.73 Å². The minimum absolute atomic E-state index is 0. The van der Waals surface area contributed by atoms with Crippen molar-refractivity contribution in [3.05, 3.63) is 12.2 Å². The van der Waals surface area contributed by atoms with Crippen LogP contribution in [0, 0.1) is 0 Å². The quantitative estimate of drug-likeness (QED) is 0.128. The Morgan fingerprint density at radius 3 is 2.18 bits per heavy atom. The van der Waals surface area contributed by atoms with Crippen LogP contribution in [0.15, 0.2) is 12.2 Å². The second-order valence-electron chi connectivity index (χ2n) is 5.32. The molecule has 0 fully saturated rings. The molecule has 1 unspecified atom stereocenters. The molecule has 1 atom stereocenters. The van der Waals surface area contributed by atoms with E-state index in [0.29, 0.717) is 13.0 Å². The predicted octanol–water partition coefficient (Wildman–Crippen LogP) is -2.49. The van der Waals surface area contributed by atoms with Crippen molar-refractivity contribution in [1.82, 2.24) is 0 Å². The van der Waals surface area contributed by atoms with Crippen LogP contribution in [-0.2, 0) is 9.59 Å². The van der Waals surface area contributed by atoms with E-state index in [1.165, 1.54) is 0 Å². The molecule has 0 aliphatic heterocycles. The van der Waals surface area contributed by atoms with Crippen LogP contribution in [0.2, 0.25) is 0 Å². The van der Waals surface area contributed by atoms with Crippen LogP contribution >= 0.6 is 0 Å². The zero-order valence-electron chi connectivity index (χ0n) is 13.8. The van der Waals surface area contributed by atoms with Crippen molar-refractivity contribution < 1.29 is 58.9 Å². The van der Waals surface area contributed by atoms with Gasteiger partial charge in [-0.2, -0.15) is 0 Å². The molecule has 0 radical (unpaired) electrons. The Kier molecular flexibility index (Phi) is 15.4. The van der Waals surface area contributed by atoms with Crippen LogP contribution in [0.25, 0.3) is 0 Å². The van der Waals surface area contributed by atoms with Crippen molar-refractivity contribution in [3.8, 4) is 0 Å². The first-order chi connectivity index (χ1) is 9.95. The molecule has 122 valence electrons. The Bertz CT molecular complexity index is 329. The van der Waals surface area contributed by atoms with Crippen LogP contribution in [0.4, 0.5) is 0 Å². The Morgan fingerprint density at radius 1 is 1.09 bits per heavy atom. The van der Waals surface area contributed by atoms with Crippen LogP contribution in [0.3, 0.4) is 0 Å². The molecule has 0 rings (SSSR count).